The Morgan fingerprint density at radius 3 is 2.24 bits per heavy atom. The van der Waals surface area contributed by atoms with E-state index in [1.54, 1.807) is 42.5 Å². The van der Waals surface area contributed by atoms with Gasteiger partial charge < -0.3 is 30.2 Å². The van der Waals surface area contributed by atoms with Gasteiger partial charge in [0, 0.05) is 63.1 Å². The van der Waals surface area contributed by atoms with Crippen LogP contribution in [0.3, 0.4) is 0 Å². The van der Waals surface area contributed by atoms with E-state index in [1.807, 2.05) is 13.8 Å². The van der Waals surface area contributed by atoms with E-state index in [0.29, 0.717) is 62.9 Å². The molecule has 2 heterocycles. The zero-order valence-corrected chi connectivity index (χ0v) is 40.5. The first kappa shape index (κ1) is 53.9. The van der Waals surface area contributed by atoms with Crippen molar-refractivity contribution >= 4 is 64.7 Å². The summed E-state index contributed by atoms with van der Waals surface area (Å²) in [7, 11) is 0. The van der Waals surface area contributed by atoms with Crippen LogP contribution in [0.15, 0.2) is 42.5 Å². The topological polar surface area (TPSA) is 267 Å². The fourth-order valence-corrected chi connectivity index (χ4v) is 9.01. The summed E-state index contributed by atoms with van der Waals surface area (Å²) < 4.78 is 16.7. The number of carbonyl (C=O) groups is 11. The van der Waals surface area contributed by atoms with Crippen molar-refractivity contribution in [2.24, 2.45) is 17.8 Å². The third-order valence-corrected chi connectivity index (χ3v) is 12.9. The highest BCUT2D eigenvalue weighted by atomic mass is 16.5. The number of piperidine rings is 1. The molecular formula is C52H65N5O14. The summed E-state index contributed by atoms with van der Waals surface area (Å²) in [6.45, 7) is 5.15. The molecule has 0 spiro atoms. The van der Waals surface area contributed by atoms with Crippen molar-refractivity contribution in [3.63, 3.8) is 0 Å². The maximum Gasteiger partial charge on any atom is 0.306 e. The van der Waals surface area contributed by atoms with Crippen LogP contribution < -0.4 is 21.3 Å². The predicted octanol–water partition coefficient (Wildman–Crippen LogP) is 2.95. The molecule has 0 aromatic heterocycles. The maximum absolute atomic E-state index is 13.6. The molecule has 2 aliphatic carbocycles. The molecule has 4 atom stereocenters. The Bertz CT molecular complexity index is 2340. The fraction of sp³-hybridized carbons (Fsp3) is 0.558. The van der Waals surface area contributed by atoms with E-state index in [9.17, 15) is 52.7 Å². The molecule has 19 nitrogen and oxygen atoms in total. The lowest BCUT2D eigenvalue weighted by molar-refractivity contribution is -0.148. The highest BCUT2D eigenvalue weighted by molar-refractivity contribution is 6.38. The van der Waals surface area contributed by atoms with E-state index in [-0.39, 0.29) is 112 Å². The Hall–Kier alpha value is -6.47. The van der Waals surface area contributed by atoms with Gasteiger partial charge in [-0.05, 0) is 86.5 Å². The van der Waals surface area contributed by atoms with Crippen LogP contribution in [0.25, 0.3) is 0 Å². The molecule has 2 aromatic carbocycles. The number of imide groups is 2. The molecule has 2 aromatic rings. The number of nitrogens with zero attached hydrogens (tertiary/aromatic N) is 1. The molecule has 19 heteroatoms. The van der Waals surface area contributed by atoms with Gasteiger partial charge in [-0.15, -0.1) is 0 Å². The lowest BCUT2D eigenvalue weighted by Gasteiger charge is -2.27. The van der Waals surface area contributed by atoms with Gasteiger partial charge >= 0.3 is 5.97 Å². The Labute approximate surface area is 412 Å². The van der Waals surface area contributed by atoms with Gasteiger partial charge in [-0.2, -0.15) is 0 Å². The molecule has 4 N–H and O–H groups in total. The van der Waals surface area contributed by atoms with E-state index >= 15 is 0 Å². The van der Waals surface area contributed by atoms with E-state index in [4.69, 9.17) is 14.2 Å². The van der Waals surface area contributed by atoms with Crippen molar-refractivity contribution in [2.75, 3.05) is 33.0 Å². The van der Waals surface area contributed by atoms with E-state index < -0.39 is 71.1 Å². The van der Waals surface area contributed by atoms with Gasteiger partial charge in [0.1, 0.15) is 24.2 Å². The highest BCUT2D eigenvalue weighted by Gasteiger charge is 2.45. The van der Waals surface area contributed by atoms with E-state index in [1.165, 1.54) is 0 Å². The van der Waals surface area contributed by atoms with Gasteiger partial charge in [0.25, 0.3) is 17.7 Å². The Kier molecular flexibility index (Phi) is 19.8. The summed E-state index contributed by atoms with van der Waals surface area (Å²) >= 11 is 0. The minimum Gasteiger partial charge on any atom is -0.461 e. The van der Waals surface area contributed by atoms with Crippen molar-refractivity contribution in [1.82, 2.24) is 26.2 Å². The number of benzene rings is 2. The Morgan fingerprint density at radius 1 is 0.817 bits per heavy atom. The number of ketones is 3. The maximum atomic E-state index is 13.6. The summed E-state index contributed by atoms with van der Waals surface area (Å²) in [4.78, 5) is 141. The summed E-state index contributed by atoms with van der Waals surface area (Å²) in [5, 5.41) is 10.3. The first-order valence-electron chi connectivity index (χ1n) is 24.8. The van der Waals surface area contributed by atoms with Crippen LogP contribution in [0.2, 0.25) is 0 Å². The number of rotatable bonds is 29. The van der Waals surface area contributed by atoms with Crippen molar-refractivity contribution in [1.29, 1.82) is 0 Å². The second kappa shape index (κ2) is 26.1. The molecule has 0 radical (unpaired) electrons. The average molecular weight is 984 g/mol. The van der Waals surface area contributed by atoms with Crippen LogP contribution in [-0.4, -0.2) is 121 Å². The molecular weight excluding hydrogens is 919 g/mol. The van der Waals surface area contributed by atoms with Crippen molar-refractivity contribution in [2.45, 2.75) is 135 Å². The lowest BCUT2D eigenvalue weighted by Crippen LogP contribution is -2.54. The number of hydrogen-bond acceptors (Lipinski definition) is 14. The summed E-state index contributed by atoms with van der Waals surface area (Å²) in [6.07, 6.45) is 4.67. The molecule has 7 amide bonds. The molecule has 3 fully saturated rings. The van der Waals surface area contributed by atoms with Crippen LogP contribution in [0.5, 0.6) is 0 Å². The van der Waals surface area contributed by atoms with Gasteiger partial charge in [0.15, 0.2) is 0 Å². The van der Waals surface area contributed by atoms with Crippen LogP contribution in [-0.2, 0) is 76.8 Å². The van der Waals surface area contributed by atoms with Crippen LogP contribution >= 0.6 is 0 Å². The Morgan fingerprint density at radius 2 is 1.55 bits per heavy atom. The summed E-state index contributed by atoms with van der Waals surface area (Å²) in [5.74, 6) is -6.58. The van der Waals surface area contributed by atoms with Gasteiger partial charge in [0.2, 0.25) is 29.4 Å². The largest absolute Gasteiger partial charge is 0.461 e. The van der Waals surface area contributed by atoms with Gasteiger partial charge in [-0.1, -0.05) is 50.2 Å². The van der Waals surface area contributed by atoms with Gasteiger partial charge in [0.05, 0.1) is 43.4 Å². The van der Waals surface area contributed by atoms with Crippen LogP contribution in [0.4, 0.5) is 0 Å². The van der Waals surface area contributed by atoms with E-state index in [0.717, 1.165) is 23.3 Å². The number of hydrogen-bond donors (Lipinski definition) is 4. The molecule has 71 heavy (non-hydrogen) atoms. The first-order valence-corrected chi connectivity index (χ1v) is 24.8. The van der Waals surface area contributed by atoms with Gasteiger partial charge in [-0.3, -0.25) is 63.0 Å². The minimum absolute atomic E-state index is 0.00928. The van der Waals surface area contributed by atoms with Crippen molar-refractivity contribution in [3.8, 4) is 0 Å². The number of amides is 7. The average Bonchev–Trinajstić information content (AvgIpc) is 4.01. The van der Waals surface area contributed by atoms with Crippen molar-refractivity contribution < 1.29 is 67.0 Å². The predicted molar refractivity (Wildman–Crippen MR) is 253 cm³/mol. The number of esters is 1. The van der Waals surface area contributed by atoms with Crippen LogP contribution in [0, 0.1) is 17.8 Å². The third kappa shape index (κ3) is 16.0. The highest BCUT2D eigenvalue weighted by Crippen LogP contribution is 2.31. The molecule has 382 valence electrons. The van der Waals surface area contributed by atoms with Gasteiger partial charge in [-0.25, -0.2) is 0 Å². The second-order valence-corrected chi connectivity index (χ2v) is 19.2. The normalized spacial score (nSPS) is 18.5. The Balaban J connectivity index is 0.816. The zero-order chi connectivity index (χ0) is 51.0. The summed E-state index contributed by atoms with van der Waals surface area (Å²) in [6, 6.07) is 9.68. The number of nitrogens with one attached hydrogen (secondary N) is 4. The minimum atomic E-state index is -1.18. The fourth-order valence-electron chi connectivity index (χ4n) is 9.01. The van der Waals surface area contributed by atoms with Crippen LogP contribution in [0.1, 0.15) is 135 Å². The standard InChI is InChI=1S/C52H65N5O14/c1-31(2)26-36(48(64)55-40(28-35-7-4-10-42(35)59)47(63)50(66)54-37-15-16-37)29-45(62)71-30-33-13-11-32(12-14-33)27-38(58)17-19-43(60)53-21-23-70-25-24-69-22-5-8-34-6-3-9-39-46(34)52(68)57(51(39)67)41-18-20-44(61)56-49(41)65/h3,6,9,11-14,31,35-37,40-41H,4-5,7-8,10,15-30H2,1-2H3,(H,53,60)(H,54,66)(H,55,64)(H,56,61,65)/t35-,36+,40-,41?/m0/s1. The number of Topliss-reactive ketones (excluding diaryl/α,β-unsaturated/α-hetero) is 3. The SMILES string of the molecule is CC(C)C[C@H](CC(=O)OCc1ccc(CC(=O)CCC(=O)NCCOCCOCCCc2cccc3c2C(=O)N(C2CCC(=O)NC2=O)C3=O)cc1)C(=O)N[C@@H](C[C@@H]1CCCC1=O)C(=O)C(=O)NC1CC1. The number of aryl methyl sites for hydroxylation is 1. The second-order valence-electron chi connectivity index (χ2n) is 19.2. The number of fused-ring (bicyclic) bond motifs is 1. The molecule has 1 saturated heterocycles. The molecule has 1 unspecified atom stereocenters. The number of carbonyl (C=O) groups excluding carboxylic acids is 11. The molecule has 6 rings (SSSR count). The number of ether oxygens (including phenoxy) is 3. The monoisotopic (exact) mass is 983 g/mol. The quantitative estimate of drug-likeness (QED) is 0.0396. The molecule has 4 aliphatic rings. The molecule has 2 aliphatic heterocycles. The van der Waals surface area contributed by atoms with Crippen molar-refractivity contribution in [3.05, 3.63) is 70.3 Å². The molecule has 0 bridgehead atoms. The third-order valence-electron chi connectivity index (χ3n) is 12.9. The zero-order valence-electron chi connectivity index (χ0n) is 40.5. The molecule has 2 saturated carbocycles. The van der Waals surface area contributed by atoms with E-state index in [2.05, 4.69) is 21.3 Å². The summed E-state index contributed by atoms with van der Waals surface area (Å²) in [5.41, 5.74) is 2.56. The lowest BCUT2D eigenvalue weighted by atomic mass is 9.91. The first-order chi connectivity index (χ1) is 34.1. The smallest absolute Gasteiger partial charge is 0.306 e.